The summed E-state index contributed by atoms with van der Waals surface area (Å²) in [4.78, 5) is 3.99. The van der Waals surface area contributed by atoms with E-state index >= 15 is 0 Å². The van der Waals surface area contributed by atoms with Crippen molar-refractivity contribution in [1.82, 2.24) is 14.8 Å². The Bertz CT molecular complexity index is 693. The first-order valence-electron chi connectivity index (χ1n) is 5.71. The van der Waals surface area contributed by atoms with E-state index in [4.69, 9.17) is 5.73 Å². The largest absolute Gasteiger partial charge is 0.381 e. The molecular formula is C11H15N5O2S. The maximum Gasteiger partial charge on any atom is 0.267 e. The van der Waals surface area contributed by atoms with Crippen molar-refractivity contribution in [3.8, 4) is 0 Å². The number of sulfonamides is 1. The number of anilines is 2. The highest BCUT2D eigenvalue weighted by Gasteiger charge is 2.21. The first kappa shape index (κ1) is 13.3. The maximum atomic E-state index is 12.2. The summed E-state index contributed by atoms with van der Waals surface area (Å²) in [7, 11) is -3.75. The highest BCUT2D eigenvalue weighted by molar-refractivity contribution is 7.92. The van der Waals surface area contributed by atoms with E-state index in [9.17, 15) is 8.42 Å². The molecule has 2 heterocycles. The van der Waals surface area contributed by atoms with Crippen LogP contribution in [0, 0.1) is 6.92 Å². The number of hydrogen-bond donors (Lipinski definition) is 2. The Kier molecular flexibility index (Phi) is 3.43. The van der Waals surface area contributed by atoms with Gasteiger partial charge in [0.2, 0.25) is 0 Å². The molecule has 102 valence electrons. The Hall–Kier alpha value is -2.09. The molecule has 19 heavy (non-hydrogen) atoms. The Morgan fingerprint density at radius 1 is 1.47 bits per heavy atom. The molecule has 2 aromatic rings. The van der Waals surface area contributed by atoms with Crippen molar-refractivity contribution < 1.29 is 8.42 Å². The number of nitrogens with two attached hydrogens (primary N) is 1. The average Bonchev–Trinajstić information content (AvgIpc) is 2.74. The Balaban J connectivity index is 2.38. The van der Waals surface area contributed by atoms with Crippen molar-refractivity contribution in [3.05, 3.63) is 30.2 Å². The number of rotatable bonds is 4. The molecule has 3 N–H and O–H groups in total. The second-order valence-electron chi connectivity index (χ2n) is 3.98. The molecule has 2 aromatic heterocycles. The van der Waals surface area contributed by atoms with Gasteiger partial charge in [-0.05, 0) is 26.0 Å². The molecule has 0 saturated heterocycles. The first-order chi connectivity index (χ1) is 8.94. The second-order valence-corrected chi connectivity index (χ2v) is 5.63. The van der Waals surface area contributed by atoms with Crippen LogP contribution in [-0.4, -0.2) is 23.2 Å². The lowest BCUT2D eigenvalue weighted by molar-refractivity contribution is 0.600. The Morgan fingerprint density at radius 2 is 2.21 bits per heavy atom. The van der Waals surface area contributed by atoms with E-state index in [1.54, 1.807) is 25.3 Å². The van der Waals surface area contributed by atoms with Crippen LogP contribution >= 0.6 is 0 Å². The van der Waals surface area contributed by atoms with E-state index in [1.807, 2.05) is 6.92 Å². The fourth-order valence-corrected chi connectivity index (χ4v) is 2.77. The predicted octanol–water partition coefficient (Wildman–Crippen LogP) is 0.989. The zero-order valence-electron chi connectivity index (χ0n) is 10.7. The van der Waals surface area contributed by atoms with Crippen LogP contribution in [0.25, 0.3) is 0 Å². The number of hydrogen-bond acceptors (Lipinski definition) is 5. The lowest BCUT2D eigenvalue weighted by atomic mass is 10.3. The third-order valence-corrected chi connectivity index (χ3v) is 4.00. The van der Waals surface area contributed by atoms with Gasteiger partial charge in [-0.3, -0.25) is 14.4 Å². The molecule has 0 atom stereocenters. The summed E-state index contributed by atoms with van der Waals surface area (Å²) in [6.07, 6.45) is 3.00. The van der Waals surface area contributed by atoms with Crippen molar-refractivity contribution in [2.45, 2.75) is 25.3 Å². The minimum Gasteiger partial charge on any atom is -0.381 e. The highest BCUT2D eigenvalue weighted by atomic mass is 32.2. The molecular weight excluding hydrogens is 266 g/mol. The number of aromatic nitrogens is 3. The summed E-state index contributed by atoms with van der Waals surface area (Å²) >= 11 is 0. The average molecular weight is 281 g/mol. The molecule has 0 radical (unpaired) electrons. The van der Waals surface area contributed by atoms with Crippen molar-refractivity contribution in [2.75, 3.05) is 10.5 Å². The molecule has 0 spiro atoms. The monoisotopic (exact) mass is 281 g/mol. The topological polar surface area (TPSA) is 103 Å². The molecule has 0 aliphatic heterocycles. The summed E-state index contributed by atoms with van der Waals surface area (Å²) in [6.45, 7) is 4.11. The SMILES string of the molecule is CCn1cc(S(=O)(=O)Nc2cccnc2C)c(N)n1. The zero-order valence-corrected chi connectivity index (χ0v) is 11.5. The Labute approximate surface area is 111 Å². The smallest absolute Gasteiger partial charge is 0.267 e. The summed E-state index contributed by atoms with van der Waals surface area (Å²) in [5, 5.41) is 3.92. The van der Waals surface area contributed by atoms with Crippen LogP contribution in [0.3, 0.4) is 0 Å². The van der Waals surface area contributed by atoms with Crippen molar-refractivity contribution in [3.63, 3.8) is 0 Å². The van der Waals surface area contributed by atoms with Crippen LogP contribution in [0.2, 0.25) is 0 Å². The van der Waals surface area contributed by atoms with Gasteiger partial charge in [0, 0.05) is 18.9 Å². The standard InChI is InChI=1S/C11H15N5O2S/c1-3-16-7-10(11(12)14-16)19(17,18)15-9-5-4-6-13-8(9)2/h4-7,15H,3H2,1-2H3,(H2,12,14). The first-order valence-corrected chi connectivity index (χ1v) is 7.19. The number of aryl methyl sites for hydroxylation is 2. The van der Waals surface area contributed by atoms with Crippen molar-refractivity contribution in [2.24, 2.45) is 0 Å². The molecule has 0 unspecified atom stereocenters. The van der Waals surface area contributed by atoms with Crippen LogP contribution in [0.5, 0.6) is 0 Å². The molecule has 0 saturated carbocycles. The number of nitrogen functional groups attached to an aromatic ring is 1. The molecule has 0 amide bonds. The van der Waals surface area contributed by atoms with E-state index in [-0.39, 0.29) is 10.7 Å². The van der Waals surface area contributed by atoms with E-state index in [1.165, 1.54) is 10.9 Å². The van der Waals surface area contributed by atoms with Gasteiger partial charge in [-0.2, -0.15) is 5.10 Å². The van der Waals surface area contributed by atoms with Gasteiger partial charge in [0.1, 0.15) is 4.90 Å². The fraction of sp³-hybridized carbons (Fsp3) is 0.273. The summed E-state index contributed by atoms with van der Waals surface area (Å²) in [5.41, 5.74) is 6.64. The van der Waals surface area contributed by atoms with Crippen molar-refractivity contribution in [1.29, 1.82) is 0 Å². The predicted molar refractivity (Wildman–Crippen MR) is 72.1 cm³/mol. The van der Waals surface area contributed by atoms with E-state index < -0.39 is 10.0 Å². The molecule has 0 aliphatic carbocycles. The molecule has 7 nitrogen and oxygen atoms in total. The normalized spacial score (nSPS) is 11.5. The lowest BCUT2D eigenvalue weighted by Gasteiger charge is -2.08. The third-order valence-electron chi connectivity index (χ3n) is 2.62. The fourth-order valence-electron chi connectivity index (χ4n) is 1.58. The van der Waals surface area contributed by atoms with Gasteiger partial charge < -0.3 is 5.73 Å². The van der Waals surface area contributed by atoms with Gasteiger partial charge in [0.15, 0.2) is 5.82 Å². The van der Waals surface area contributed by atoms with Crippen LogP contribution in [0.4, 0.5) is 11.5 Å². The lowest BCUT2D eigenvalue weighted by Crippen LogP contribution is -2.15. The minimum absolute atomic E-state index is 0.0177. The third kappa shape index (κ3) is 2.68. The maximum absolute atomic E-state index is 12.2. The zero-order chi connectivity index (χ0) is 14.0. The molecule has 2 rings (SSSR count). The van der Waals surface area contributed by atoms with E-state index in [0.717, 1.165) is 0 Å². The summed E-state index contributed by atoms with van der Waals surface area (Å²) in [6, 6.07) is 3.30. The van der Waals surface area contributed by atoms with Crippen LogP contribution in [0.1, 0.15) is 12.6 Å². The molecule has 0 bridgehead atoms. The Morgan fingerprint density at radius 3 is 2.79 bits per heavy atom. The van der Waals surface area contributed by atoms with Crippen molar-refractivity contribution >= 4 is 21.5 Å². The molecule has 0 aromatic carbocycles. The molecule has 8 heteroatoms. The van der Waals surface area contributed by atoms with Crippen LogP contribution in [-0.2, 0) is 16.6 Å². The number of nitrogens with one attached hydrogen (secondary N) is 1. The minimum atomic E-state index is -3.75. The van der Waals surface area contributed by atoms with Gasteiger partial charge in [0.05, 0.1) is 11.4 Å². The van der Waals surface area contributed by atoms with Crippen LogP contribution in [0.15, 0.2) is 29.4 Å². The van der Waals surface area contributed by atoms with E-state index in [2.05, 4.69) is 14.8 Å². The van der Waals surface area contributed by atoms with Gasteiger partial charge in [-0.1, -0.05) is 0 Å². The van der Waals surface area contributed by atoms with E-state index in [0.29, 0.717) is 17.9 Å². The quantitative estimate of drug-likeness (QED) is 0.870. The summed E-state index contributed by atoms with van der Waals surface area (Å²) < 4.78 is 28.4. The molecule has 0 aliphatic rings. The highest BCUT2D eigenvalue weighted by Crippen LogP contribution is 2.21. The number of pyridine rings is 1. The summed E-state index contributed by atoms with van der Waals surface area (Å²) in [5.74, 6) is -0.0177. The van der Waals surface area contributed by atoms with Gasteiger partial charge >= 0.3 is 0 Å². The van der Waals surface area contributed by atoms with Crippen LogP contribution < -0.4 is 10.5 Å². The number of nitrogens with zero attached hydrogens (tertiary/aromatic N) is 3. The van der Waals surface area contributed by atoms with Gasteiger partial charge in [-0.25, -0.2) is 8.42 Å². The second kappa shape index (κ2) is 4.88. The van der Waals surface area contributed by atoms with Gasteiger partial charge in [0.25, 0.3) is 10.0 Å². The molecule has 0 fully saturated rings. The van der Waals surface area contributed by atoms with Gasteiger partial charge in [-0.15, -0.1) is 0 Å².